The highest BCUT2D eigenvalue weighted by molar-refractivity contribution is 5.45. The molecule has 0 unspecified atom stereocenters. The molecule has 1 aromatic carbocycles. The van der Waals surface area contributed by atoms with Crippen molar-refractivity contribution in [2.24, 2.45) is 10.8 Å². The van der Waals surface area contributed by atoms with E-state index in [-0.39, 0.29) is 11.5 Å². The van der Waals surface area contributed by atoms with Crippen LogP contribution in [0.25, 0.3) is 0 Å². The van der Waals surface area contributed by atoms with Crippen molar-refractivity contribution in [1.29, 1.82) is 0 Å². The van der Waals surface area contributed by atoms with Crippen LogP contribution in [0.4, 0.5) is 0 Å². The van der Waals surface area contributed by atoms with Crippen molar-refractivity contribution in [3.8, 4) is 11.5 Å². The summed E-state index contributed by atoms with van der Waals surface area (Å²) < 4.78 is 0. The lowest BCUT2D eigenvalue weighted by molar-refractivity contribution is 0.307. The van der Waals surface area contributed by atoms with E-state index in [4.69, 9.17) is 0 Å². The van der Waals surface area contributed by atoms with Crippen molar-refractivity contribution in [1.82, 2.24) is 0 Å². The molecule has 29 heavy (non-hydrogen) atoms. The molecule has 2 heteroatoms. The van der Waals surface area contributed by atoms with Gasteiger partial charge in [0.15, 0.2) is 11.5 Å². The molecular formula is C27H46O2. The van der Waals surface area contributed by atoms with E-state index in [1.54, 1.807) is 12.1 Å². The molecule has 0 aliphatic heterocycles. The highest BCUT2D eigenvalue weighted by atomic mass is 16.3. The highest BCUT2D eigenvalue weighted by Crippen LogP contribution is 2.49. The Balaban J connectivity index is 1.70. The third-order valence-corrected chi connectivity index (χ3v) is 7.38. The van der Waals surface area contributed by atoms with Gasteiger partial charge in [-0.15, -0.1) is 0 Å². The first-order chi connectivity index (χ1) is 13.7. The molecule has 2 rings (SSSR count). The van der Waals surface area contributed by atoms with E-state index < -0.39 is 0 Å². The third kappa shape index (κ3) is 9.01. The summed E-state index contributed by atoms with van der Waals surface area (Å²) in [4.78, 5) is 0. The van der Waals surface area contributed by atoms with Crippen LogP contribution in [-0.2, 0) is 12.8 Å². The molecule has 1 saturated carbocycles. The van der Waals surface area contributed by atoms with Crippen LogP contribution < -0.4 is 0 Å². The molecule has 0 spiro atoms. The van der Waals surface area contributed by atoms with E-state index in [1.165, 1.54) is 94.6 Å². The summed E-state index contributed by atoms with van der Waals surface area (Å²) in [5.74, 6) is 0.0679. The molecule has 2 nitrogen and oxygen atoms in total. The Kier molecular flexibility index (Phi) is 9.37. The second-order valence-corrected chi connectivity index (χ2v) is 10.8. The lowest BCUT2D eigenvalue weighted by atomic mass is 9.84. The van der Waals surface area contributed by atoms with Gasteiger partial charge in [0.1, 0.15) is 0 Å². The number of hydrogen-bond donors (Lipinski definition) is 2. The number of benzene rings is 1. The molecule has 1 aliphatic carbocycles. The second kappa shape index (κ2) is 11.3. The first-order valence-corrected chi connectivity index (χ1v) is 12.3. The van der Waals surface area contributed by atoms with E-state index in [2.05, 4.69) is 27.7 Å². The van der Waals surface area contributed by atoms with Crippen molar-refractivity contribution in [3.63, 3.8) is 0 Å². The molecule has 0 radical (unpaired) electrons. The Hall–Kier alpha value is -1.18. The van der Waals surface area contributed by atoms with E-state index in [0.717, 1.165) is 12.8 Å². The van der Waals surface area contributed by atoms with Gasteiger partial charge in [0, 0.05) is 0 Å². The van der Waals surface area contributed by atoms with Gasteiger partial charge in [-0.05, 0) is 85.5 Å². The zero-order valence-electron chi connectivity index (χ0n) is 19.7. The van der Waals surface area contributed by atoms with Crippen LogP contribution in [0.3, 0.4) is 0 Å². The molecule has 0 aromatic heterocycles. The molecule has 0 saturated heterocycles. The number of rotatable bonds is 15. The Morgan fingerprint density at radius 2 is 1.28 bits per heavy atom. The zero-order valence-corrected chi connectivity index (χ0v) is 19.7. The quantitative estimate of drug-likeness (QED) is 0.229. The highest BCUT2D eigenvalue weighted by Gasteiger charge is 2.35. The van der Waals surface area contributed by atoms with Crippen molar-refractivity contribution in [3.05, 3.63) is 23.3 Å². The molecule has 2 N–H and O–H groups in total. The SMILES string of the molecule is CCC(C)(C)CCCCCCc1cc(O)c(O)cc1CCCCCCC1(C)CC1. The van der Waals surface area contributed by atoms with Gasteiger partial charge in [-0.1, -0.05) is 72.6 Å². The maximum absolute atomic E-state index is 9.96. The monoisotopic (exact) mass is 402 g/mol. The van der Waals surface area contributed by atoms with Crippen molar-refractivity contribution in [2.75, 3.05) is 0 Å². The van der Waals surface area contributed by atoms with Gasteiger partial charge in [0.25, 0.3) is 0 Å². The number of phenols is 2. The molecule has 1 aliphatic rings. The Morgan fingerprint density at radius 3 is 1.76 bits per heavy atom. The van der Waals surface area contributed by atoms with Crippen LogP contribution >= 0.6 is 0 Å². The summed E-state index contributed by atoms with van der Waals surface area (Å²) in [6.45, 7) is 9.44. The summed E-state index contributed by atoms with van der Waals surface area (Å²) >= 11 is 0. The average Bonchev–Trinajstić information content (AvgIpc) is 3.41. The van der Waals surface area contributed by atoms with Crippen molar-refractivity contribution >= 4 is 0 Å². The minimum atomic E-state index is 0.0334. The Morgan fingerprint density at radius 1 is 0.793 bits per heavy atom. The normalized spacial score (nSPS) is 15.6. The van der Waals surface area contributed by atoms with Crippen molar-refractivity contribution < 1.29 is 10.2 Å². The number of aromatic hydroxyl groups is 2. The molecule has 0 atom stereocenters. The lowest BCUT2D eigenvalue weighted by Crippen LogP contribution is -2.08. The molecule has 166 valence electrons. The maximum atomic E-state index is 9.96. The second-order valence-electron chi connectivity index (χ2n) is 10.8. The van der Waals surface area contributed by atoms with Crippen LogP contribution in [0.2, 0.25) is 0 Å². The average molecular weight is 403 g/mol. The number of aryl methyl sites for hydroxylation is 2. The molecule has 0 bridgehead atoms. The first kappa shape index (κ1) is 24.1. The van der Waals surface area contributed by atoms with E-state index in [0.29, 0.717) is 10.8 Å². The summed E-state index contributed by atoms with van der Waals surface area (Å²) in [7, 11) is 0. The fourth-order valence-electron chi connectivity index (χ4n) is 4.26. The standard InChI is InChI=1S/C27H46O2/c1-5-26(2,3)16-12-8-6-10-14-22-20-24(28)25(29)21-23(22)15-11-7-9-13-17-27(4)18-19-27/h20-21,28-29H,5-19H2,1-4H3. The molecular weight excluding hydrogens is 356 g/mol. The van der Waals surface area contributed by atoms with Gasteiger partial charge < -0.3 is 10.2 Å². The minimum Gasteiger partial charge on any atom is -0.504 e. The third-order valence-electron chi connectivity index (χ3n) is 7.38. The smallest absolute Gasteiger partial charge is 0.157 e. The van der Waals surface area contributed by atoms with Gasteiger partial charge >= 0.3 is 0 Å². The number of hydrogen-bond acceptors (Lipinski definition) is 2. The van der Waals surface area contributed by atoms with Crippen LogP contribution in [0.5, 0.6) is 11.5 Å². The molecule has 1 fully saturated rings. The van der Waals surface area contributed by atoms with Gasteiger partial charge in [-0.2, -0.15) is 0 Å². The number of unbranched alkanes of at least 4 members (excludes halogenated alkanes) is 6. The van der Waals surface area contributed by atoms with Crippen LogP contribution in [-0.4, -0.2) is 10.2 Å². The fraction of sp³-hybridized carbons (Fsp3) is 0.778. The van der Waals surface area contributed by atoms with Gasteiger partial charge in [-0.3, -0.25) is 0 Å². The van der Waals surface area contributed by atoms with E-state index in [9.17, 15) is 10.2 Å². The predicted molar refractivity (Wildman–Crippen MR) is 125 cm³/mol. The largest absolute Gasteiger partial charge is 0.504 e. The summed E-state index contributed by atoms with van der Waals surface area (Å²) in [5, 5.41) is 19.9. The summed E-state index contributed by atoms with van der Waals surface area (Å²) in [6.07, 6.45) is 19.0. The summed E-state index contributed by atoms with van der Waals surface area (Å²) in [5.41, 5.74) is 3.63. The Bertz CT molecular complexity index is 613. The lowest BCUT2D eigenvalue weighted by Gasteiger charge is -2.22. The van der Waals surface area contributed by atoms with Crippen LogP contribution in [0.15, 0.2) is 12.1 Å². The van der Waals surface area contributed by atoms with Crippen molar-refractivity contribution in [2.45, 2.75) is 124 Å². The zero-order chi connectivity index (χ0) is 21.3. The molecule has 1 aromatic rings. The Labute approximate surface area is 180 Å². The molecule has 0 heterocycles. The van der Waals surface area contributed by atoms with Crippen LogP contribution in [0, 0.1) is 10.8 Å². The summed E-state index contributed by atoms with van der Waals surface area (Å²) in [6, 6.07) is 3.61. The first-order valence-electron chi connectivity index (χ1n) is 12.3. The van der Waals surface area contributed by atoms with E-state index >= 15 is 0 Å². The maximum Gasteiger partial charge on any atom is 0.157 e. The number of phenolic OH excluding ortho intramolecular Hbond substituents is 2. The minimum absolute atomic E-state index is 0.0334. The van der Waals surface area contributed by atoms with Gasteiger partial charge in [-0.25, -0.2) is 0 Å². The molecule has 0 amide bonds. The van der Waals surface area contributed by atoms with Gasteiger partial charge in [0.05, 0.1) is 0 Å². The van der Waals surface area contributed by atoms with Gasteiger partial charge in [0.2, 0.25) is 0 Å². The fourth-order valence-corrected chi connectivity index (χ4v) is 4.26. The van der Waals surface area contributed by atoms with Crippen LogP contribution in [0.1, 0.15) is 122 Å². The predicted octanol–water partition coefficient (Wildman–Crippen LogP) is 8.32. The topological polar surface area (TPSA) is 40.5 Å². The van der Waals surface area contributed by atoms with E-state index in [1.807, 2.05) is 0 Å².